The maximum absolute atomic E-state index is 12.8. The van der Waals surface area contributed by atoms with E-state index >= 15 is 0 Å². The van der Waals surface area contributed by atoms with Gasteiger partial charge in [0.25, 0.3) is 0 Å². The lowest BCUT2D eigenvalue weighted by Crippen LogP contribution is -2.43. The summed E-state index contributed by atoms with van der Waals surface area (Å²) in [5.74, 6) is 0.859. The molecule has 1 unspecified atom stereocenters. The lowest BCUT2D eigenvalue weighted by atomic mass is 9.96. The van der Waals surface area contributed by atoms with E-state index in [1.54, 1.807) is 11.3 Å². The van der Waals surface area contributed by atoms with Crippen molar-refractivity contribution in [2.24, 2.45) is 13.0 Å². The number of nitrogens with one attached hydrogen (secondary N) is 1. The van der Waals surface area contributed by atoms with E-state index in [0.29, 0.717) is 6.54 Å². The molecule has 5 nitrogen and oxygen atoms in total. The van der Waals surface area contributed by atoms with Crippen LogP contribution in [-0.2, 0) is 24.8 Å². The number of carbonyl (C=O) groups is 1. The Labute approximate surface area is 146 Å². The van der Waals surface area contributed by atoms with Gasteiger partial charge in [0.1, 0.15) is 0 Å². The molecular formula is C18H24N4OS. The Balaban J connectivity index is 1.42. The predicted octanol–water partition coefficient (Wildman–Crippen LogP) is 2.15. The van der Waals surface area contributed by atoms with Crippen LogP contribution in [0.15, 0.2) is 23.8 Å². The van der Waals surface area contributed by atoms with Gasteiger partial charge in [0.05, 0.1) is 23.6 Å². The highest BCUT2D eigenvalue weighted by Gasteiger charge is 2.35. The highest BCUT2D eigenvalue weighted by molar-refractivity contribution is 7.09. The van der Waals surface area contributed by atoms with E-state index in [2.05, 4.69) is 32.7 Å². The van der Waals surface area contributed by atoms with Crippen molar-refractivity contribution in [3.63, 3.8) is 0 Å². The maximum Gasteiger partial charge on any atom is 0.230 e. The van der Waals surface area contributed by atoms with Crippen molar-refractivity contribution in [2.45, 2.75) is 31.7 Å². The molecule has 1 atom stereocenters. The van der Waals surface area contributed by atoms with E-state index in [1.807, 2.05) is 17.9 Å². The fourth-order valence-electron chi connectivity index (χ4n) is 3.58. The number of imidazole rings is 1. The second kappa shape index (κ2) is 6.69. The van der Waals surface area contributed by atoms with E-state index in [-0.39, 0.29) is 11.8 Å². The lowest BCUT2D eigenvalue weighted by Gasteiger charge is -2.32. The van der Waals surface area contributed by atoms with Crippen LogP contribution < -0.4 is 5.32 Å². The van der Waals surface area contributed by atoms with Crippen LogP contribution in [-0.4, -0.2) is 40.0 Å². The van der Waals surface area contributed by atoms with Gasteiger partial charge in [-0.15, -0.1) is 11.3 Å². The molecule has 1 amide bonds. The molecule has 4 rings (SSSR count). The number of thiophene rings is 1. The Bertz CT molecular complexity index is 705. The quantitative estimate of drug-likeness (QED) is 0.874. The molecule has 0 spiro atoms. The van der Waals surface area contributed by atoms with Crippen LogP contribution in [0.5, 0.6) is 0 Å². The van der Waals surface area contributed by atoms with Crippen LogP contribution in [0.3, 0.4) is 0 Å². The topological polar surface area (TPSA) is 50.2 Å². The largest absolute Gasteiger partial charge is 0.355 e. The molecule has 128 valence electrons. The molecule has 6 heteroatoms. The highest BCUT2D eigenvalue weighted by atomic mass is 32.1. The molecule has 0 saturated heterocycles. The fraction of sp³-hybridized carbons (Fsp3) is 0.556. The zero-order chi connectivity index (χ0) is 16.5. The minimum atomic E-state index is -0.108. The molecule has 1 N–H and O–H groups in total. The minimum Gasteiger partial charge on any atom is -0.355 e. The van der Waals surface area contributed by atoms with Crippen molar-refractivity contribution in [3.8, 4) is 0 Å². The molecule has 2 aromatic heterocycles. The Kier molecular flexibility index (Phi) is 4.41. The van der Waals surface area contributed by atoms with Gasteiger partial charge < -0.3 is 9.88 Å². The fourth-order valence-corrected chi connectivity index (χ4v) is 4.29. The van der Waals surface area contributed by atoms with Crippen LogP contribution in [0.4, 0.5) is 0 Å². The Hall–Kier alpha value is -1.66. The lowest BCUT2D eigenvalue weighted by molar-refractivity contribution is -0.123. The van der Waals surface area contributed by atoms with Crippen LogP contribution in [0.1, 0.15) is 35.0 Å². The SMILES string of the molecule is Cn1cnc2c1C(C(=O)NCCc1cccs1)CN(CC1CC1)C2. The Morgan fingerprint density at radius 3 is 3.08 bits per heavy atom. The van der Waals surface area contributed by atoms with Gasteiger partial charge >= 0.3 is 0 Å². The third-order valence-corrected chi connectivity index (χ3v) is 5.92. The van der Waals surface area contributed by atoms with Crippen molar-refractivity contribution >= 4 is 17.2 Å². The van der Waals surface area contributed by atoms with Crippen LogP contribution >= 0.6 is 11.3 Å². The standard InChI is InChI=1S/C18H24N4OS/c1-21-12-20-16-11-22(9-13-4-5-13)10-15(17(16)21)18(23)19-7-6-14-3-2-8-24-14/h2-3,8,12-13,15H,4-7,9-11H2,1H3,(H,19,23). The van der Waals surface area contributed by atoms with Crippen LogP contribution in [0.2, 0.25) is 0 Å². The van der Waals surface area contributed by atoms with E-state index in [1.165, 1.54) is 17.7 Å². The molecule has 1 aliphatic carbocycles. The summed E-state index contributed by atoms with van der Waals surface area (Å²) in [6.45, 7) is 3.50. The molecule has 0 bridgehead atoms. The molecule has 3 heterocycles. The molecule has 1 fully saturated rings. The third-order valence-electron chi connectivity index (χ3n) is 4.99. The first-order chi connectivity index (χ1) is 11.7. The molecule has 2 aromatic rings. The number of fused-ring (bicyclic) bond motifs is 1. The average Bonchev–Trinajstić information content (AvgIpc) is 3.08. The number of rotatable bonds is 6. The van der Waals surface area contributed by atoms with Gasteiger partial charge in [0.2, 0.25) is 5.91 Å². The summed E-state index contributed by atoms with van der Waals surface area (Å²) in [5, 5.41) is 5.22. The number of hydrogen-bond donors (Lipinski definition) is 1. The molecular weight excluding hydrogens is 320 g/mol. The van der Waals surface area contributed by atoms with Gasteiger partial charge in [-0.05, 0) is 36.6 Å². The molecule has 2 aliphatic rings. The zero-order valence-electron chi connectivity index (χ0n) is 14.1. The molecule has 24 heavy (non-hydrogen) atoms. The average molecular weight is 344 g/mol. The molecule has 1 aliphatic heterocycles. The first-order valence-corrected chi connectivity index (χ1v) is 9.61. The van der Waals surface area contributed by atoms with Crippen molar-refractivity contribution in [1.82, 2.24) is 19.8 Å². The summed E-state index contributed by atoms with van der Waals surface area (Å²) in [4.78, 5) is 21.1. The van der Waals surface area contributed by atoms with Gasteiger partial charge in [-0.1, -0.05) is 6.07 Å². The van der Waals surface area contributed by atoms with Gasteiger partial charge in [-0.3, -0.25) is 9.69 Å². The van der Waals surface area contributed by atoms with E-state index < -0.39 is 0 Å². The summed E-state index contributed by atoms with van der Waals surface area (Å²) in [6, 6.07) is 4.18. The van der Waals surface area contributed by atoms with Crippen molar-refractivity contribution in [2.75, 3.05) is 19.6 Å². The van der Waals surface area contributed by atoms with Gasteiger partial charge in [-0.2, -0.15) is 0 Å². The summed E-state index contributed by atoms with van der Waals surface area (Å²) < 4.78 is 2.02. The number of aryl methyl sites for hydroxylation is 1. The van der Waals surface area contributed by atoms with Gasteiger partial charge in [-0.25, -0.2) is 4.98 Å². The number of carbonyl (C=O) groups excluding carboxylic acids is 1. The first-order valence-electron chi connectivity index (χ1n) is 8.73. The smallest absolute Gasteiger partial charge is 0.230 e. The summed E-state index contributed by atoms with van der Waals surface area (Å²) in [6.07, 6.45) is 5.42. The number of amides is 1. The van der Waals surface area contributed by atoms with E-state index in [9.17, 15) is 4.79 Å². The zero-order valence-corrected chi connectivity index (χ0v) is 14.9. The number of aromatic nitrogens is 2. The van der Waals surface area contributed by atoms with Crippen molar-refractivity contribution in [3.05, 3.63) is 40.1 Å². The number of nitrogens with zero attached hydrogens (tertiary/aromatic N) is 3. The second-order valence-corrected chi connectivity index (χ2v) is 8.03. The monoisotopic (exact) mass is 344 g/mol. The second-order valence-electron chi connectivity index (χ2n) is 7.00. The highest BCUT2D eigenvalue weighted by Crippen LogP contribution is 2.34. The summed E-state index contributed by atoms with van der Waals surface area (Å²) >= 11 is 1.74. The Morgan fingerprint density at radius 1 is 1.46 bits per heavy atom. The van der Waals surface area contributed by atoms with E-state index in [0.717, 1.165) is 43.4 Å². The number of hydrogen-bond acceptors (Lipinski definition) is 4. The minimum absolute atomic E-state index is 0.108. The molecule has 1 saturated carbocycles. The van der Waals surface area contributed by atoms with Crippen LogP contribution in [0, 0.1) is 5.92 Å². The van der Waals surface area contributed by atoms with Crippen molar-refractivity contribution in [1.29, 1.82) is 0 Å². The molecule has 0 aromatic carbocycles. The molecule has 0 radical (unpaired) electrons. The van der Waals surface area contributed by atoms with Gasteiger partial charge in [0.15, 0.2) is 0 Å². The third kappa shape index (κ3) is 3.39. The van der Waals surface area contributed by atoms with Crippen molar-refractivity contribution < 1.29 is 4.79 Å². The Morgan fingerprint density at radius 2 is 2.33 bits per heavy atom. The summed E-state index contributed by atoms with van der Waals surface area (Å²) in [7, 11) is 1.99. The van der Waals surface area contributed by atoms with Crippen LogP contribution in [0.25, 0.3) is 0 Å². The first kappa shape index (κ1) is 15.8. The van der Waals surface area contributed by atoms with Gasteiger partial charge in [0, 0.05) is 38.1 Å². The predicted molar refractivity (Wildman–Crippen MR) is 95.0 cm³/mol. The maximum atomic E-state index is 12.8. The normalized spacial score (nSPS) is 20.8. The van der Waals surface area contributed by atoms with E-state index in [4.69, 9.17) is 0 Å². The summed E-state index contributed by atoms with van der Waals surface area (Å²) in [5.41, 5.74) is 2.17.